The molecule has 5 nitrogen and oxygen atoms in total. The number of nitrogens with zero attached hydrogens (tertiary/aromatic N) is 1. The van der Waals surface area contributed by atoms with Gasteiger partial charge in [-0.05, 0) is 56.9 Å². The summed E-state index contributed by atoms with van der Waals surface area (Å²) in [6.45, 7) is 1.89. The van der Waals surface area contributed by atoms with Crippen molar-refractivity contribution in [3.05, 3.63) is 24.3 Å². The summed E-state index contributed by atoms with van der Waals surface area (Å²) < 4.78 is 17.2. The summed E-state index contributed by atoms with van der Waals surface area (Å²) in [5.41, 5.74) is 0.727. The molecule has 1 aromatic rings. The van der Waals surface area contributed by atoms with E-state index < -0.39 is 10.8 Å². The van der Waals surface area contributed by atoms with Crippen molar-refractivity contribution in [3.63, 3.8) is 0 Å². The van der Waals surface area contributed by atoms with Crippen LogP contribution in [0.3, 0.4) is 0 Å². The maximum atomic E-state index is 12.2. The number of hydrogen-bond donors (Lipinski definition) is 1. The lowest BCUT2D eigenvalue weighted by molar-refractivity contribution is 0.209. The predicted octanol–water partition coefficient (Wildman–Crippen LogP) is 3.24. The molecule has 1 aliphatic carbocycles. The predicted molar refractivity (Wildman–Crippen MR) is 94.5 cm³/mol. The molecule has 0 bridgehead atoms. The van der Waals surface area contributed by atoms with Crippen LogP contribution in [0.1, 0.15) is 32.6 Å². The fourth-order valence-electron chi connectivity index (χ4n) is 2.68. The van der Waals surface area contributed by atoms with Gasteiger partial charge in [-0.1, -0.05) is 0 Å². The molecule has 6 heteroatoms. The quantitative estimate of drug-likeness (QED) is 0.866. The first-order valence-electron chi connectivity index (χ1n) is 8.06. The molecule has 0 radical (unpaired) electrons. The van der Waals surface area contributed by atoms with E-state index in [9.17, 15) is 9.00 Å². The standard InChI is InChI=1S/C17H26N2O3S/c1-13(12-23(3)21)19(2)17(20)18-14-8-10-16(11-9-14)22-15-6-4-5-7-15/h8-11,13,15H,4-7,12H2,1-3H3,(H,18,20)/t13-,23-/m1/s1. The fraction of sp³-hybridized carbons (Fsp3) is 0.588. The Bertz CT molecular complexity index is 541. The molecule has 1 saturated carbocycles. The van der Waals surface area contributed by atoms with Crippen molar-refractivity contribution in [2.45, 2.75) is 44.8 Å². The topological polar surface area (TPSA) is 58.6 Å². The maximum Gasteiger partial charge on any atom is 0.321 e. The lowest BCUT2D eigenvalue weighted by atomic mass is 10.2. The van der Waals surface area contributed by atoms with Crippen LogP contribution in [0.25, 0.3) is 0 Å². The number of benzene rings is 1. The molecule has 0 heterocycles. The molecule has 2 rings (SSSR count). The maximum absolute atomic E-state index is 12.2. The van der Waals surface area contributed by atoms with E-state index in [1.165, 1.54) is 12.8 Å². The highest BCUT2D eigenvalue weighted by molar-refractivity contribution is 7.84. The van der Waals surface area contributed by atoms with Gasteiger partial charge < -0.3 is 15.0 Å². The van der Waals surface area contributed by atoms with E-state index in [-0.39, 0.29) is 12.1 Å². The van der Waals surface area contributed by atoms with Crippen LogP contribution in [0.5, 0.6) is 5.75 Å². The summed E-state index contributed by atoms with van der Waals surface area (Å²) in [5.74, 6) is 1.32. The summed E-state index contributed by atoms with van der Waals surface area (Å²) in [4.78, 5) is 13.8. The summed E-state index contributed by atoms with van der Waals surface area (Å²) in [7, 11) is 0.789. The largest absolute Gasteiger partial charge is 0.490 e. The van der Waals surface area contributed by atoms with Gasteiger partial charge in [0.05, 0.1) is 6.10 Å². The van der Waals surface area contributed by atoms with Crippen molar-refractivity contribution < 1.29 is 13.7 Å². The molecule has 1 aliphatic rings. The number of nitrogens with one attached hydrogen (secondary N) is 1. The normalized spacial score (nSPS) is 17.5. The number of anilines is 1. The Balaban J connectivity index is 1.86. The number of hydrogen-bond acceptors (Lipinski definition) is 3. The summed E-state index contributed by atoms with van der Waals surface area (Å²) in [6.07, 6.45) is 6.71. The third-order valence-corrected chi connectivity index (χ3v) is 5.12. The van der Waals surface area contributed by atoms with Crippen molar-refractivity contribution in [1.29, 1.82) is 0 Å². The lowest BCUT2D eigenvalue weighted by Crippen LogP contribution is -2.40. The van der Waals surface area contributed by atoms with Crippen molar-refractivity contribution in [1.82, 2.24) is 4.90 Å². The second-order valence-electron chi connectivity index (χ2n) is 6.18. The summed E-state index contributed by atoms with van der Waals surface area (Å²) >= 11 is 0. The Kier molecular flexibility index (Phi) is 6.45. The zero-order valence-corrected chi connectivity index (χ0v) is 14.9. The van der Waals surface area contributed by atoms with Gasteiger partial charge in [-0.25, -0.2) is 4.79 Å². The van der Waals surface area contributed by atoms with Crippen molar-refractivity contribution in [2.75, 3.05) is 24.4 Å². The molecule has 128 valence electrons. The first-order chi connectivity index (χ1) is 11.0. The second-order valence-corrected chi connectivity index (χ2v) is 7.66. The summed E-state index contributed by atoms with van der Waals surface area (Å²) in [6, 6.07) is 7.19. The van der Waals surface area contributed by atoms with Crippen LogP contribution in [0, 0.1) is 0 Å². The molecule has 2 amide bonds. The van der Waals surface area contributed by atoms with Crippen LogP contribution in [0.2, 0.25) is 0 Å². The Morgan fingerprint density at radius 1 is 1.35 bits per heavy atom. The number of amides is 2. The van der Waals surface area contributed by atoms with Gasteiger partial charge in [0, 0.05) is 41.6 Å². The third kappa shape index (κ3) is 5.53. The Morgan fingerprint density at radius 3 is 2.52 bits per heavy atom. The molecule has 1 aromatic carbocycles. The average Bonchev–Trinajstić information content (AvgIpc) is 3.00. The molecule has 0 aliphatic heterocycles. The van der Waals surface area contributed by atoms with Crippen molar-refractivity contribution >= 4 is 22.5 Å². The smallest absolute Gasteiger partial charge is 0.321 e. The highest BCUT2D eigenvalue weighted by atomic mass is 32.2. The van der Waals surface area contributed by atoms with Crippen LogP contribution in [0.4, 0.5) is 10.5 Å². The van der Waals surface area contributed by atoms with E-state index in [0.717, 1.165) is 24.3 Å². The number of ether oxygens (including phenoxy) is 1. The van der Waals surface area contributed by atoms with Gasteiger partial charge in [-0.3, -0.25) is 4.21 Å². The molecular formula is C17H26N2O3S. The van der Waals surface area contributed by atoms with Crippen LogP contribution >= 0.6 is 0 Å². The zero-order valence-electron chi connectivity index (χ0n) is 14.1. The minimum atomic E-state index is -0.923. The molecule has 0 unspecified atom stereocenters. The van der Waals surface area contributed by atoms with Crippen LogP contribution < -0.4 is 10.1 Å². The van der Waals surface area contributed by atoms with Gasteiger partial charge in [0.2, 0.25) is 0 Å². The highest BCUT2D eigenvalue weighted by Crippen LogP contribution is 2.25. The Labute approximate surface area is 140 Å². The zero-order chi connectivity index (χ0) is 16.8. The monoisotopic (exact) mass is 338 g/mol. The fourth-order valence-corrected chi connectivity index (χ4v) is 3.58. The van der Waals surface area contributed by atoms with Gasteiger partial charge in [-0.2, -0.15) is 0 Å². The van der Waals surface area contributed by atoms with E-state index >= 15 is 0 Å². The Morgan fingerprint density at radius 2 is 1.96 bits per heavy atom. The first-order valence-corrected chi connectivity index (χ1v) is 9.79. The number of urea groups is 1. The number of carbonyl (C=O) groups is 1. The third-order valence-electron chi connectivity index (χ3n) is 4.17. The number of rotatable bonds is 6. The average molecular weight is 338 g/mol. The van der Waals surface area contributed by atoms with Gasteiger partial charge in [0.1, 0.15) is 5.75 Å². The summed E-state index contributed by atoms with van der Waals surface area (Å²) in [5, 5.41) is 2.85. The molecule has 23 heavy (non-hydrogen) atoms. The van der Waals surface area contributed by atoms with Crippen LogP contribution in [-0.4, -0.2) is 46.3 Å². The highest BCUT2D eigenvalue weighted by Gasteiger charge is 2.18. The van der Waals surface area contributed by atoms with Crippen LogP contribution in [-0.2, 0) is 10.8 Å². The van der Waals surface area contributed by atoms with Crippen molar-refractivity contribution in [3.8, 4) is 5.75 Å². The van der Waals surface area contributed by atoms with Gasteiger partial charge >= 0.3 is 6.03 Å². The van der Waals surface area contributed by atoms with Crippen LogP contribution in [0.15, 0.2) is 24.3 Å². The van der Waals surface area contributed by atoms with E-state index in [0.29, 0.717) is 11.9 Å². The van der Waals surface area contributed by atoms with E-state index in [4.69, 9.17) is 4.74 Å². The van der Waals surface area contributed by atoms with Gasteiger partial charge in [0.15, 0.2) is 0 Å². The Hall–Kier alpha value is -1.56. The SMILES string of the molecule is C[C@H](C[S@@](C)=O)N(C)C(=O)Nc1ccc(OC2CCCC2)cc1. The first kappa shape index (κ1) is 17.8. The molecule has 0 saturated heterocycles. The molecule has 1 N–H and O–H groups in total. The molecule has 0 aromatic heterocycles. The number of carbonyl (C=O) groups excluding carboxylic acids is 1. The van der Waals surface area contributed by atoms with Gasteiger partial charge in [-0.15, -0.1) is 0 Å². The van der Waals surface area contributed by atoms with Gasteiger partial charge in [0.25, 0.3) is 0 Å². The second kappa shape index (κ2) is 8.34. The minimum Gasteiger partial charge on any atom is -0.490 e. The van der Waals surface area contributed by atoms with Crippen molar-refractivity contribution in [2.24, 2.45) is 0 Å². The lowest BCUT2D eigenvalue weighted by Gasteiger charge is -2.24. The van der Waals surface area contributed by atoms with E-state index in [2.05, 4.69) is 5.32 Å². The van der Waals surface area contributed by atoms with E-state index in [1.807, 2.05) is 31.2 Å². The molecular weight excluding hydrogens is 312 g/mol. The molecule has 2 atom stereocenters. The molecule has 1 fully saturated rings. The minimum absolute atomic E-state index is 0.0780. The van der Waals surface area contributed by atoms with E-state index in [1.54, 1.807) is 18.2 Å². The molecule has 0 spiro atoms.